The maximum Gasteiger partial charge on any atom is 0.227 e. The number of aromatic hydroxyl groups is 1. The van der Waals surface area contributed by atoms with E-state index in [2.05, 4.69) is 36.3 Å². The molecule has 4 rings (SSSR count). The van der Waals surface area contributed by atoms with Gasteiger partial charge in [-0.3, -0.25) is 9.69 Å². The summed E-state index contributed by atoms with van der Waals surface area (Å²) in [5, 5.41) is 11.4. The van der Waals surface area contributed by atoms with E-state index >= 15 is 0 Å². The van der Waals surface area contributed by atoms with Crippen LogP contribution in [0, 0.1) is 11.8 Å². The Morgan fingerprint density at radius 3 is 2.71 bits per heavy atom. The molecule has 4 atom stereocenters. The van der Waals surface area contributed by atoms with Crippen LogP contribution < -0.4 is 0 Å². The van der Waals surface area contributed by atoms with Crippen LogP contribution in [0.15, 0.2) is 55.1 Å². The molecule has 1 saturated carbocycles. The lowest BCUT2D eigenvalue weighted by Gasteiger charge is -2.57. The second-order valence-corrected chi connectivity index (χ2v) is 12.2. The van der Waals surface area contributed by atoms with Crippen LogP contribution in [0.3, 0.4) is 0 Å². The third-order valence-corrected chi connectivity index (χ3v) is 9.10. The van der Waals surface area contributed by atoms with Crippen LogP contribution in [0.5, 0.6) is 5.75 Å². The quantitative estimate of drug-likeness (QED) is 0.364. The monoisotopic (exact) mass is 558 g/mol. The third-order valence-electron chi connectivity index (χ3n) is 8.37. The summed E-state index contributed by atoms with van der Waals surface area (Å²) in [6, 6.07) is 13.1. The van der Waals surface area contributed by atoms with Gasteiger partial charge in [0.2, 0.25) is 5.91 Å². The molecule has 2 aromatic carbocycles. The second-order valence-electron chi connectivity index (χ2n) is 11.3. The molecule has 0 aromatic heterocycles. The number of amides is 1. The molecule has 38 heavy (non-hydrogen) atoms. The van der Waals surface area contributed by atoms with Crippen LogP contribution in [0.4, 0.5) is 0 Å². The van der Waals surface area contributed by atoms with Gasteiger partial charge in [-0.25, -0.2) is 0 Å². The normalized spacial score (nSPS) is 25.7. The van der Waals surface area contributed by atoms with Gasteiger partial charge in [0.15, 0.2) is 0 Å². The number of piperidine rings is 1. The number of phenolic OH excluding ortho intramolecular Hbond substituents is 1. The van der Waals surface area contributed by atoms with Gasteiger partial charge < -0.3 is 14.7 Å². The molecule has 1 unspecified atom stereocenters. The molecular weight excluding hydrogens is 519 g/mol. The summed E-state index contributed by atoms with van der Waals surface area (Å²) in [6.07, 6.45) is 4.76. The van der Waals surface area contributed by atoms with Crippen molar-refractivity contribution in [2.45, 2.75) is 57.1 Å². The Morgan fingerprint density at radius 1 is 1.26 bits per heavy atom. The minimum absolute atomic E-state index is 0.0159. The molecule has 1 heterocycles. The van der Waals surface area contributed by atoms with Gasteiger partial charge in [0.05, 0.1) is 22.6 Å². The van der Waals surface area contributed by atoms with Crippen molar-refractivity contribution in [3.05, 3.63) is 76.3 Å². The number of hydrogen-bond acceptors (Lipinski definition) is 4. The summed E-state index contributed by atoms with van der Waals surface area (Å²) in [5.41, 5.74) is 1.78. The van der Waals surface area contributed by atoms with Crippen molar-refractivity contribution < 1.29 is 14.6 Å². The molecule has 0 bridgehead atoms. The highest BCUT2D eigenvalue weighted by Crippen LogP contribution is 2.51. The zero-order valence-corrected chi connectivity index (χ0v) is 24.2. The van der Waals surface area contributed by atoms with Gasteiger partial charge in [-0.05, 0) is 67.1 Å². The molecule has 5 nitrogen and oxygen atoms in total. The minimum Gasteiger partial charge on any atom is -0.508 e. The zero-order chi connectivity index (χ0) is 27.4. The number of fused-ring (bicyclic) bond motifs is 1. The lowest BCUT2D eigenvalue weighted by molar-refractivity contribution is -0.140. The van der Waals surface area contributed by atoms with Gasteiger partial charge in [0, 0.05) is 44.1 Å². The SMILES string of the molecule is C=CCN1CC[C@@]2(c3cccc(O)c3)C[C@H](N(CC(C)C)C(=O)Cc3ccc(Cl)c(Cl)c3)CC(OC)[C@@H]2C1. The van der Waals surface area contributed by atoms with Crippen molar-refractivity contribution in [2.75, 3.05) is 33.3 Å². The summed E-state index contributed by atoms with van der Waals surface area (Å²) < 4.78 is 6.19. The lowest BCUT2D eigenvalue weighted by Crippen LogP contribution is -2.62. The molecule has 206 valence electrons. The van der Waals surface area contributed by atoms with Crippen molar-refractivity contribution in [3.63, 3.8) is 0 Å². The molecule has 1 saturated heterocycles. The molecule has 7 heteroatoms. The van der Waals surface area contributed by atoms with E-state index in [-0.39, 0.29) is 41.6 Å². The number of hydrogen-bond donors (Lipinski definition) is 1. The van der Waals surface area contributed by atoms with Crippen LogP contribution in [-0.2, 0) is 21.4 Å². The molecule has 0 spiro atoms. The Morgan fingerprint density at radius 2 is 2.05 bits per heavy atom. The Bertz CT molecular complexity index is 1140. The van der Waals surface area contributed by atoms with Crippen LogP contribution >= 0.6 is 23.2 Å². The molecule has 0 radical (unpaired) electrons. The topological polar surface area (TPSA) is 53.0 Å². The number of benzene rings is 2. The maximum absolute atomic E-state index is 13.9. The average molecular weight is 560 g/mol. The van der Waals surface area contributed by atoms with E-state index in [1.54, 1.807) is 25.3 Å². The fraction of sp³-hybridized carbons (Fsp3) is 0.516. The largest absolute Gasteiger partial charge is 0.508 e. The number of carbonyl (C=O) groups is 1. The number of phenols is 1. The summed E-state index contributed by atoms with van der Waals surface area (Å²) in [4.78, 5) is 18.4. The number of ether oxygens (including phenoxy) is 1. The van der Waals surface area contributed by atoms with Crippen LogP contribution in [0.25, 0.3) is 0 Å². The van der Waals surface area contributed by atoms with Crippen molar-refractivity contribution in [1.29, 1.82) is 0 Å². The molecule has 1 aliphatic heterocycles. The van der Waals surface area contributed by atoms with Gasteiger partial charge in [-0.15, -0.1) is 6.58 Å². The third kappa shape index (κ3) is 6.22. The Kier molecular flexibility index (Phi) is 9.46. The first-order valence-corrected chi connectivity index (χ1v) is 14.3. The lowest BCUT2D eigenvalue weighted by atomic mass is 9.56. The number of rotatable bonds is 9. The predicted octanol–water partition coefficient (Wildman–Crippen LogP) is 6.35. The second kappa shape index (κ2) is 12.4. The molecule has 1 aliphatic carbocycles. The van der Waals surface area contributed by atoms with Gasteiger partial charge in [-0.2, -0.15) is 0 Å². The smallest absolute Gasteiger partial charge is 0.227 e. The van der Waals surface area contributed by atoms with Crippen LogP contribution in [-0.4, -0.2) is 66.2 Å². The first kappa shape index (κ1) is 28.9. The van der Waals surface area contributed by atoms with Crippen molar-refractivity contribution >= 4 is 29.1 Å². The maximum atomic E-state index is 13.9. The Hall–Kier alpha value is -2.05. The first-order valence-electron chi connectivity index (χ1n) is 13.6. The fourth-order valence-corrected chi connectivity index (χ4v) is 6.98. The standard InChI is InChI=1S/C31H40Cl2N2O3/c1-5-12-34-13-11-31(23-7-6-8-25(36)16-23)18-24(17-29(38-4)26(31)20-34)35(19-21(2)3)30(37)15-22-9-10-27(32)28(33)14-22/h5-10,14,16,21,24,26,29,36H,1,11-13,15,17-20H2,2-4H3/t24-,26+,29?,31+/m1/s1. The molecule has 2 aromatic rings. The molecule has 1 amide bonds. The Labute approximate surface area is 237 Å². The van der Waals surface area contributed by atoms with Gasteiger partial charge in [0.1, 0.15) is 5.75 Å². The average Bonchev–Trinajstić information content (AvgIpc) is 2.89. The van der Waals surface area contributed by atoms with E-state index < -0.39 is 0 Å². The Balaban J connectivity index is 1.70. The summed E-state index contributed by atoms with van der Waals surface area (Å²) in [5.74, 6) is 0.920. The van der Waals surface area contributed by atoms with E-state index in [4.69, 9.17) is 27.9 Å². The molecule has 1 N–H and O–H groups in total. The first-order chi connectivity index (χ1) is 18.2. The summed E-state index contributed by atoms with van der Waals surface area (Å²) in [7, 11) is 1.79. The van der Waals surface area contributed by atoms with E-state index in [1.807, 2.05) is 24.3 Å². The highest BCUT2D eigenvalue weighted by molar-refractivity contribution is 6.42. The number of likely N-dealkylation sites (tertiary alicyclic amines) is 1. The fourth-order valence-electron chi connectivity index (χ4n) is 6.66. The van der Waals surface area contributed by atoms with E-state index in [1.165, 1.54) is 0 Å². The number of halogens is 2. The van der Waals surface area contributed by atoms with Gasteiger partial charge in [0.25, 0.3) is 0 Å². The van der Waals surface area contributed by atoms with Crippen molar-refractivity contribution in [2.24, 2.45) is 11.8 Å². The predicted molar refractivity (Wildman–Crippen MR) is 155 cm³/mol. The number of carbonyl (C=O) groups excluding carboxylic acids is 1. The number of methoxy groups -OCH3 is 1. The van der Waals surface area contributed by atoms with E-state index in [0.717, 1.165) is 50.0 Å². The van der Waals surface area contributed by atoms with E-state index in [9.17, 15) is 9.90 Å². The zero-order valence-electron chi connectivity index (χ0n) is 22.7. The molecule has 2 fully saturated rings. The van der Waals surface area contributed by atoms with Crippen LogP contribution in [0.1, 0.15) is 44.2 Å². The van der Waals surface area contributed by atoms with Crippen molar-refractivity contribution in [3.8, 4) is 5.75 Å². The highest BCUT2D eigenvalue weighted by atomic mass is 35.5. The van der Waals surface area contributed by atoms with Gasteiger partial charge >= 0.3 is 0 Å². The summed E-state index contributed by atoms with van der Waals surface area (Å²) in [6.45, 7) is 11.6. The van der Waals surface area contributed by atoms with Gasteiger partial charge in [-0.1, -0.05) is 61.3 Å². The molecular formula is C31H40Cl2N2O3. The van der Waals surface area contributed by atoms with Crippen LogP contribution in [0.2, 0.25) is 10.0 Å². The minimum atomic E-state index is -0.209. The van der Waals surface area contributed by atoms with E-state index in [0.29, 0.717) is 22.5 Å². The molecule has 2 aliphatic rings. The van der Waals surface area contributed by atoms with Crippen molar-refractivity contribution in [1.82, 2.24) is 9.80 Å². The summed E-state index contributed by atoms with van der Waals surface area (Å²) >= 11 is 12.4. The number of nitrogens with zero attached hydrogens (tertiary/aromatic N) is 2. The highest BCUT2D eigenvalue weighted by Gasteiger charge is 2.53.